The minimum Gasteiger partial charge on any atom is -0.391 e. The van der Waals surface area contributed by atoms with Gasteiger partial charge in [-0.3, -0.25) is 9.59 Å². The first-order valence-corrected chi connectivity index (χ1v) is 8.92. The van der Waals surface area contributed by atoms with E-state index in [0.29, 0.717) is 29.6 Å². The summed E-state index contributed by atoms with van der Waals surface area (Å²) in [4.78, 5) is 24.0. The van der Waals surface area contributed by atoms with Crippen molar-refractivity contribution in [3.8, 4) is 0 Å². The summed E-state index contributed by atoms with van der Waals surface area (Å²) in [6, 6.07) is 6.88. The number of aliphatic hydroxyl groups is 1. The molecule has 0 aromatic heterocycles. The SMILES string of the molecule is C[C@@H]1C[C@H]1C(=O)Nc1ccc(C(=O)NC[C@H](O)C2CCCC2)cc1. The number of hydrogen-bond donors (Lipinski definition) is 3. The Balaban J connectivity index is 1.47. The van der Waals surface area contributed by atoms with E-state index in [-0.39, 0.29) is 17.7 Å². The molecule has 2 aliphatic rings. The van der Waals surface area contributed by atoms with E-state index in [2.05, 4.69) is 17.6 Å². The minimum atomic E-state index is -0.462. The second kappa shape index (κ2) is 7.34. The highest BCUT2D eigenvalue weighted by Crippen LogP contribution is 2.38. The Bertz CT molecular complexity index is 593. The van der Waals surface area contributed by atoms with Crippen LogP contribution in [0.4, 0.5) is 5.69 Å². The fourth-order valence-corrected chi connectivity index (χ4v) is 3.44. The van der Waals surface area contributed by atoms with Crippen molar-refractivity contribution in [3.63, 3.8) is 0 Å². The highest BCUT2D eigenvalue weighted by molar-refractivity contribution is 5.96. The van der Waals surface area contributed by atoms with Crippen LogP contribution in [0.15, 0.2) is 24.3 Å². The van der Waals surface area contributed by atoms with Crippen LogP contribution in [0.1, 0.15) is 49.4 Å². The fraction of sp³-hybridized carbons (Fsp3) is 0.579. The molecule has 3 N–H and O–H groups in total. The van der Waals surface area contributed by atoms with E-state index in [1.807, 2.05) is 0 Å². The maximum atomic E-state index is 12.1. The molecule has 0 unspecified atom stereocenters. The number of carbonyl (C=O) groups is 2. The van der Waals surface area contributed by atoms with Gasteiger partial charge in [-0.1, -0.05) is 19.8 Å². The van der Waals surface area contributed by atoms with Crippen LogP contribution in [0.5, 0.6) is 0 Å². The fourth-order valence-electron chi connectivity index (χ4n) is 3.44. The molecule has 1 aromatic carbocycles. The molecule has 2 saturated carbocycles. The Morgan fingerprint density at radius 2 is 1.83 bits per heavy atom. The molecule has 3 rings (SSSR count). The van der Waals surface area contributed by atoms with Gasteiger partial charge in [-0.15, -0.1) is 0 Å². The smallest absolute Gasteiger partial charge is 0.251 e. The molecule has 2 amide bonds. The molecule has 1 aromatic rings. The topological polar surface area (TPSA) is 78.4 Å². The molecule has 5 nitrogen and oxygen atoms in total. The molecule has 0 aliphatic heterocycles. The first-order chi connectivity index (χ1) is 11.5. The number of rotatable bonds is 6. The van der Waals surface area contributed by atoms with E-state index in [1.54, 1.807) is 24.3 Å². The van der Waals surface area contributed by atoms with Crippen molar-refractivity contribution in [2.45, 2.75) is 45.1 Å². The lowest BCUT2D eigenvalue weighted by atomic mass is 10.0. The van der Waals surface area contributed by atoms with Crippen molar-refractivity contribution in [1.29, 1.82) is 0 Å². The summed E-state index contributed by atoms with van der Waals surface area (Å²) in [6.07, 6.45) is 4.92. The summed E-state index contributed by atoms with van der Waals surface area (Å²) in [5.74, 6) is 0.777. The van der Waals surface area contributed by atoms with Crippen molar-refractivity contribution < 1.29 is 14.7 Å². The van der Waals surface area contributed by atoms with Gasteiger partial charge in [-0.25, -0.2) is 0 Å². The first kappa shape index (κ1) is 17.0. The van der Waals surface area contributed by atoms with E-state index in [0.717, 1.165) is 19.3 Å². The largest absolute Gasteiger partial charge is 0.391 e. The monoisotopic (exact) mass is 330 g/mol. The summed E-state index contributed by atoms with van der Waals surface area (Å²) < 4.78 is 0. The zero-order valence-electron chi connectivity index (χ0n) is 14.1. The van der Waals surface area contributed by atoms with Gasteiger partial charge in [0.15, 0.2) is 0 Å². The third kappa shape index (κ3) is 4.15. The van der Waals surface area contributed by atoms with E-state index in [1.165, 1.54) is 12.8 Å². The lowest BCUT2D eigenvalue weighted by Gasteiger charge is -2.18. The highest BCUT2D eigenvalue weighted by atomic mass is 16.3. The third-order valence-corrected chi connectivity index (χ3v) is 5.28. The van der Waals surface area contributed by atoms with Crippen LogP contribution in [0.2, 0.25) is 0 Å². The molecule has 0 radical (unpaired) electrons. The van der Waals surface area contributed by atoms with Crippen LogP contribution in [0, 0.1) is 17.8 Å². The summed E-state index contributed by atoms with van der Waals surface area (Å²) in [7, 11) is 0. The number of amides is 2. The van der Waals surface area contributed by atoms with Crippen molar-refractivity contribution in [2.24, 2.45) is 17.8 Å². The zero-order valence-corrected chi connectivity index (χ0v) is 14.1. The number of carbonyl (C=O) groups excluding carboxylic acids is 2. The summed E-state index contributed by atoms with van der Waals surface area (Å²) >= 11 is 0. The van der Waals surface area contributed by atoms with Crippen LogP contribution in [-0.4, -0.2) is 29.6 Å². The van der Waals surface area contributed by atoms with Gasteiger partial charge < -0.3 is 15.7 Å². The van der Waals surface area contributed by atoms with Crippen molar-refractivity contribution in [1.82, 2.24) is 5.32 Å². The number of nitrogens with one attached hydrogen (secondary N) is 2. The normalized spacial score (nSPS) is 24.4. The van der Waals surface area contributed by atoms with Crippen LogP contribution in [-0.2, 0) is 4.79 Å². The Labute approximate surface area is 142 Å². The third-order valence-electron chi connectivity index (χ3n) is 5.28. The standard InChI is InChI=1S/C19H26N2O3/c1-12-10-16(12)19(24)21-15-8-6-14(7-9-15)18(23)20-11-17(22)13-4-2-3-5-13/h6-9,12-13,16-17,22H,2-5,10-11H2,1H3,(H,20,23)(H,21,24)/t12-,16-,17+/m1/s1. The Kier molecular flexibility index (Phi) is 5.19. The average Bonchev–Trinajstić information content (AvgIpc) is 3.09. The minimum absolute atomic E-state index is 0.0550. The Morgan fingerprint density at radius 3 is 2.42 bits per heavy atom. The molecule has 2 aliphatic carbocycles. The molecule has 24 heavy (non-hydrogen) atoms. The summed E-state index contributed by atoms with van der Waals surface area (Å²) in [5.41, 5.74) is 1.24. The predicted octanol–water partition coefficient (Wildman–Crippen LogP) is 2.56. The van der Waals surface area contributed by atoms with Gasteiger partial charge >= 0.3 is 0 Å². The summed E-state index contributed by atoms with van der Waals surface area (Å²) in [5, 5.41) is 15.8. The van der Waals surface area contributed by atoms with Gasteiger partial charge in [0.2, 0.25) is 5.91 Å². The predicted molar refractivity (Wildman–Crippen MR) is 92.6 cm³/mol. The molecule has 5 heteroatoms. The van der Waals surface area contributed by atoms with Gasteiger partial charge in [-0.2, -0.15) is 0 Å². The maximum Gasteiger partial charge on any atom is 0.251 e. The number of benzene rings is 1. The number of aliphatic hydroxyl groups excluding tert-OH is 1. The molecule has 0 saturated heterocycles. The molecule has 0 spiro atoms. The van der Waals surface area contributed by atoms with Crippen LogP contribution >= 0.6 is 0 Å². The van der Waals surface area contributed by atoms with E-state index >= 15 is 0 Å². The van der Waals surface area contributed by atoms with Gasteiger partial charge in [0.05, 0.1) is 6.10 Å². The van der Waals surface area contributed by atoms with E-state index < -0.39 is 6.10 Å². The van der Waals surface area contributed by atoms with Gasteiger partial charge in [0.1, 0.15) is 0 Å². The van der Waals surface area contributed by atoms with E-state index in [4.69, 9.17) is 0 Å². The zero-order chi connectivity index (χ0) is 17.1. The van der Waals surface area contributed by atoms with Crippen molar-refractivity contribution >= 4 is 17.5 Å². The second-order valence-corrected chi connectivity index (χ2v) is 7.21. The Morgan fingerprint density at radius 1 is 1.21 bits per heavy atom. The summed E-state index contributed by atoms with van der Waals surface area (Å²) in [6.45, 7) is 2.36. The van der Waals surface area contributed by atoms with Crippen LogP contribution in [0.3, 0.4) is 0 Å². The lowest BCUT2D eigenvalue weighted by molar-refractivity contribution is -0.117. The lowest BCUT2D eigenvalue weighted by Crippen LogP contribution is -2.35. The second-order valence-electron chi connectivity index (χ2n) is 7.21. The molecule has 130 valence electrons. The van der Waals surface area contributed by atoms with Crippen LogP contribution in [0.25, 0.3) is 0 Å². The van der Waals surface area contributed by atoms with Crippen molar-refractivity contribution in [2.75, 3.05) is 11.9 Å². The van der Waals surface area contributed by atoms with Gasteiger partial charge in [-0.05, 0) is 55.4 Å². The molecule has 3 atom stereocenters. The Hall–Kier alpha value is -1.88. The number of hydrogen-bond acceptors (Lipinski definition) is 3. The van der Waals surface area contributed by atoms with Crippen LogP contribution < -0.4 is 10.6 Å². The quantitative estimate of drug-likeness (QED) is 0.750. The van der Waals surface area contributed by atoms with E-state index in [9.17, 15) is 14.7 Å². The highest BCUT2D eigenvalue weighted by Gasteiger charge is 2.39. The first-order valence-electron chi connectivity index (χ1n) is 8.92. The van der Waals surface area contributed by atoms with Crippen molar-refractivity contribution in [3.05, 3.63) is 29.8 Å². The molecule has 0 bridgehead atoms. The van der Waals surface area contributed by atoms with Gasteiger partial charge in [0, 0.05) is 23.7 Å². The number of anilines is 1. The molecular formula is C19H26N2O3. The van der Waals surface area contributed by atoms with Gasteiger partial charge in [0.25, 0.3) is 5.91 Å². The average molecular weight is 330 g/mol. The maximum absolute atomic E-state index is 12.1. The molecule has 2 fully saturated rings. The molecular weight excluding hydrogens is 304 g/mol. The molecule has 0 heterocycles.